The number of amides is 1. The van der Waals surface area contributed by atoms with E-state index < -0.39 is 0 Å². The molecule has 6 heteroatoms. The van der Waals surface area contributed by atoms with Gasteiger partial charge >= 0.3 is 0 Å². The zero-order valence-corrected chi connectivity index (χ0v) is 16.1. The van der Waals surface area contributed by atoms with Gasteiger partial charge in [0.05, 0.1) is 7.11 Å². The van der Waals surface area contributed by atoms with Gasteiger partial charge in [-0.05, 0) is 64.0 Å². The lowest BCUT2D eigenvalue weighted by molar-refractivity contribution is 0.0568. The molecule has 2 heterocycles. The number of aryl methyl sites for hydroxylation is 1. The van der Waals surface area contributed by atoms with Crippen molar-refractivity contribution in [3.8, 4) is 11.4 Å². The Morgan fingerprint density at radius 1 is 1.31 bits per heavy atom. The number of nitrogens with zero attached hydrogens (tertiary/aromatic N) is 4. The Kier molecular flexibility index (Phi) is 5.61. The molecule has 1 aromatic heterocycles. The fraction of sp³-hybridized carbons (Fsp3) is 0.500. The SMILES string of the molecule is COc1ccc(C)cc1-n1ccc(C(=O)N2CCCCC2CN(C)C)n1. The Balaban J connectivity index is 1.85. The number of ether oxygens (including phenoxy) is 1. The monoisotopic (exact) mass is 356 g/mol. The quantitative estimate of drug-likeness (QED) is 0.827. The molecular formula is C20H28N4O2. The third-order valence-electron chi connectivity index (χ3n) is 4.85. The summed E-state index contributed by atoms with van der Waals surface area (Å²) in [5, 5.41) is 4.55. The molecule has 26 heavy (non-hydrogen) atoms. The summed E-state index contributed by atoms with van der Waals surface area (Å²) in [6.07, 6.45) is 5.12. The van der Waals surface area contributed by atoms with E-state index in [-0.39, 0.29) is 11.9 Å². The number of rotatable bonds is 5. The standard InChI is InChI=1S/C20H28N4O2/c1-15-8-9-19(26-4)18(13-15)24-12-10-17(21-24)20(25)23-11-6-5-7-16(23)14-22(2)3/h8-10,12-13,16H,5-7,11,14H2,1-4H3. The van der Waals surface area contributed by atoms with Crippen LogP contribution in [0.5, 0.6) is 5.75 Å². The van der Waals surface area contributed by atoms with Crippen LogP contribution in [0.4, 0.5) is 0 Å². The molecule has 6 nitrogen and oxygen atoms in total. The molecule has 1 fully saturated rings. The number of hydrogen-bond acceptors (Lipinski definition) is 4. The molecule has 0 radical (unpaired) electrons. The van der Waals surface area contributed by atoms with E-state index in [1.165, 1.54) is 6.42 Å². The number of carbonyl (C=O) groups excluding carboxylic acids is 1. The van der Waals surface area contributed by atoms with Crippen LogP contribution in [-0.4, -0.2) is 65.8 Å². The van der Waals surface area contributed by atoms with Crippen LogP contribution < -0.4 is 4.74 Å². The van der Waals surface area contributed by atoms with Crippen LogP contribution >= 0.6 is 0 Å². The van der Waals surface area contributed by atoms with E-state index in [0.29, 0.717) is 5.69 Å². The highest BCUT2D eigenvalue weighted by atomic mass is 16.5. The second-order valence-corrected chi connectivity index (χ2v) is 7.23. The minimum absolute atomic E-state index is 0.0157. The lowest BCUT2D eigenvalue weighted by atomic mass is 10.0. The van der Waals surface area contributed by atoms with Crippen LogP contribution in [-0.2, 0) is 0 Å². The predicted molar refractivity (Wildman–Crippen MR) is 102 cm³/mol. The molecule has 1 aliphatic heterocycles. The van der Waals surface area contributed by atoms with Crippen molar-refractivity contribution in [1.29, 1.82) is 0 Å². The van der Waals surface area contributed by atoms with Crippen LogP contribution in [0.25, 0.3) is 5.69 Å². The maximum absolute atomic E-state index is 13.1. The smallest absolute Gasteiger partial charge is 0.274 e. The summed E-state index contributed by atoms with van der Waals surface area (Å²) in [7, 11) is 5.75. The summed E-state index contributed by atoms with van der Waals surface area (Å²) in [4.78, 5) is 17.2. The minimum atomic E-state index is 0.0157. The number of carbonyl (C=O) groups is 1. The van der Waals surface area contributed by atoms with Gasteiger partial charge in [-0.3, -0.25) is 4.79 Å². The summed E-state index contributed by atoms with van der Waals surface area (Å²) in [5.74, 6) is 0.753. The molecule has 0 spiro atoms. The molecule has 140 valence electrons. The number of aromatic nitrogens is 2. The van der Waals surface area contributed by atoms with Gasteiger partial charge in [-0.15, -0.1) is 0 Å². The van der Waals surface area contributed by atoms with Gasteiger partial charge in [0.15, 0.2) is 5.69 Å². The topological polar surface area (TPSA) is 50.6 Å². The normalized spacial score (nSPS) is 17.6. The summed E-state index contributed by atoms with van der Waals surface area (Å²) in [6.45, 7) is 3.72. The predicted octanol–water partition coefficient (Wildman–Crippen LogP) is 2.75. The number of likely N-dealkylation sites (N-methyl/N-ethyl adjacent to an activating group) is 1. The van der Waals surface area contributed by atoms with E-state index in [4.69, 9.17) is 4.74 Å². The van der Waals surface area contributed by atoms with Gasteiger partial charge < -0.3 is 14.5 Å². The largest absolute Gasteiger partial charge is 0.494 e. The first kappa shape index (κ1) is 18.5. The number of likely N-dealkylation sites (tertiary alicyclic amines) is 1. The summed E-state index contributed by atoms with van der Waals surface area (Å²) in [6, 6.07) is 7.98. The van der Waals surface area contributed by atoms with E-state index in [1.54, 1.807) is 17.9 Å². The van der Waals surface area contributed by atoms with Gasteiger partial charge in [0.25, 0.3) is 5.91 Å². The van der Waals surface area contributed by atoms with E-state index >= 15 is 0 Å². The van der Waals surface area contributed by atoms with Crippen molar-refractivity contribution in [2.45, 2.75) is 32.2 Å². The molecule has 1 aromatic carbocycles. The average molecular weight is 356 g/mol. The van der Waals surface area contributed by atoms with Crippen LogP contribution in [0.15, 0.2) is 30.5 Å². The molecule has 1 amide bonds. The molecule has 0 aliphatic carbocycles. The first-order chi connectivity index (χ1) is 12.5. The molecule has 0 bridgehead atoms. The van der Waals surface area contributed by atoms with Gasteiger partial charge in [0.2, 0.25) is 0 Å². The van der Waals surface area contributed by atoms with Crippen LogP contribution in [0.3, 0.4) is 0 Å². The van der Waals surface area contributed by atoms with Crippen LogP contribution in [0.1, 0.15) is 35.3 Å². The fourth-order valence-electron chi connectivity index (χ4n) is 3.58. The number of hydrogen-bond donors (Lipinski definition) is 0. The maximum atomic E-state index is 13.1. The van der Waals surface area contributed by atoms with Gasteiger partial charge in [-0.2, -0.15) is 5.10 Å². The lowest BCUT2D eigenvalue weighted by Gasteiger charge is -2.36. The number of methoxy groups -OCH3 is 1. The van der Waals surface area contributed by atoms with Crippen molar-refractivity contribution >= 4 is 5.91 Å². The van der Waals surface area contributed by atoms with Crippen molar-refractivity contribution in [2.75, 3.05) is 34.3 Å². The maximum Gasteiger partial charge on any atom is 0.274 e. The molecule has 1 saturated heterocycles. The average Bonchev–Trinajstić information content (AvgIpc) is 3.11. The van der Waals surface area contributed by atoms with Gasteiger partial charge in [-0.25, -0.2) is 4.68 Å². The molecule has 1 aliphatic rings. The Hall–Kier alpha value is -2.34. The highest BCUT2D eigenvalue weighted by Crippen LogP contribution is 2.24. The number of piperidine rings is 1. The van der Waals surface area contributed by atoms with Crippen LogP contribution in [0.2, 0.25) is 0 Å². The lowest BCUT2D eigenvalue weighted by Crippen LogP contribution is -2.48. The second-order valence-electron chi connectivity index (χ2n) is 7.23. The van der Waals surface area contributed by atoms with E-state index in [1.807, 2.05) is 36.2 Å². The summed E-state index contributed by atoms with van der Waals surface area (Å²) < 4.78 is 7.17. The third-order valence-corrected chi connectivity index (χ3v) is 4.85. The van der Waals surface area contributed by atoms with Crippen molar-refractivity contribution in [3.63, 3.8) is 0 Å². The van der Waals surface area contributed by atoms with Crippen LogP contribution in [0, 0.1) is 6.92 Å². The highest BCUT2D eigenvalue weighted by Gasteiger charge is 2.29. The van der Waals surface area contributed by atoms with E-state index in [9.17, 15) is 4.79 Å². The number of benzene rings is 1. The van der Waals surface area contributed by atoms with Crippen molar-refractivity contribution < 1.29 is 9.53 Å². The first-order valence-electron chi connectivity index (χ1n) is 9.16. The highest BCUT2D eigenvalue weighted by molar-refractivity contribution is 5.92. The summed E-state index contributed by atoms with van der Waals surface area (Å²) in [5.41, 5.74) is 2.44. The van der Waals surface area contributed by atoms with Crippen molar-refractivity contribution in [1.82, 2.24) is 19.6 Å². The van der Waals surface area contributed by atoms with E-state index in [2.05, 4.69) is 24.1 Å². The van der Waals surface area contributed by atoms with Crippen molar-refractivity contribution in [2.24, 2.45) is 0 Å². The van der Waals surface area contributed by atoms with E-state index in [0.717, 1.165) is 42.9 Å². The molecule has 1 unspecified atom stereocenters. The Labute approximate surface area is 155 Å². The fourth-order valence-corrected chi connectivity index (χ4v) is 3.58. The molecule has 0 N–H and O–H groups in total. The molecule has 3 rings (SSSR count). The Bertz CT molecular complexity index is 769. The molecular weight excluding hydrogens is 328 g/mol. The molecule has 1 atom stereocenters. The zero-order valence-electron chi connectivity index (χ0n) is 16.1. The van der Waals surface area contributed by atoms with Gasteiger partial charge in [-0.1, -0.05) is 6.07 Å². The van der Waals surface area contributed by atoms with Gasteiger partial charge in [0, 0.05) is 25.3 Å². The summed E-state index contributed by atoms with van der Waals surface area (Å²) >= 11 is 0. The molecule has 2 aromatic rings. The zero-order chi connectivity index (χ0) is 18.7. The minimum Gasteiger partial charge on any atom is -0.494 e. The van der Waals surface area contributed by atoms with Gasteiger partial charge in [0.1, 0.15) is 11.4 Å². The molecule has 0 saturated carbocycles. The Morgan fingerprint density at radius 2 is 2.12 bits per heavy atom. The first-order valence-corrected chi connectivity index (χ1v) is 9.16. The second kappa shape index (κ2) is 7.91. The van der Waals surface area contributed by atoms with Crippen molar-refractivity contribution in [3.05, 3.63) is 41.7 Å². The Morgan fingerprint density at radius 3 is 2.85 bits per heavy atom. The third kappa shape index (κ3) is 3.90.